The van der Waals surface area contributed by atoms with E-state index in [0.717, 1.165) is 6.54 Å². The minimum absolute atomic E-state index is 0.0538. The fourth-order valence-corrected chi connectivity index (χ4v) is 1.70. The minimum Gasteiger partial charge on any atom is -0.481 e. The maximum Gasteiger partial charge on any atom is 0.304 e. The third-order valence-electron chi connectivity index (χ3n) is 2.84. The van der Waals surface area contributed by atoms with Gasteiger partial charge in [-0.3, -0.25) is 9.69 Å². The van der Waals surface area contributed by atoms with Gasteiger partial charge in [-0.2, -0.15) is 4.98 Å². The molecule has 1 aromatic heterocycles. The molecule has 0 aromatic carbocycles. The Bertz CT molecular complexity index is 390. The van der Waals surface area contributed by atoms with Crippen LogP contribution < -0.4 is 0 Å². The molecule has 18 heavy (non-hydrogen) atoms. The summed E-state index contributed by atoms with van der Waals surface area (Å²) < 4.78 is 5.16. The van der Waals surface area contributed by atoms with Gasteiger partial charge in [0.05, 0.1) is 13.0 Å². The molecular weight excluding hydrogens is 234 g/mol. The Labute approximate surface area is 107 Å². The van der Waals surface area contributed by atoms with Gasteiger partial charge in [0.2, 0.25) is 5.89 Å². The Balaban J connectivity index is 2.64. The van der Waals surface area contributed by atoms with E-state index in [2.05, 4.69) is 10.1 Å². The molecule has 0 amide bonds. The van der Waals surface area contributed by atoms with Crippen molar-refractivity contribution in [3.8, 4) is 0 Å². The number of aromatic nitrogens is 2. The van der Waals surface area contributed by atoms with Crippen molar-refractivity contribution in [3.05, 3.63) is 11.7 Å². The lowest BCUT2D eigenvalue weighted by Crippen LogP contribution is -2.34. The van der Waals surface area contributed by atoms with Gasteiger partial charge in [-0.1, -0.05) is 25.9 Å². The summed E-state index contributed by atoms with van der Waals surface area (Å²) in [6.07, 6.45) is 0.110. The summed E-state index contributed by atoms with van der Waals surface area (Å²) in [7, 11) is 0. The molecule has 1 rings (SSSR count). The predicted octanol–water partition coefficient (Wildman–Crippen LogP) is 1.88. The highest BCUT2D eigenvalue weighted by molar-refractivity contribution is 5.67. The fraction of sp³-hybridized carbons (Fsp3) is 0.750. The largest absolute Gasteiger partial charge is 0.481 e. The lowest BCUT2D eigenvalue weighted by molar-refractivity contribution is -0.138. The summed E-state index contributed by atoms with van der Waals surface area (Å²) in [6.45, 7) is 9.10. The Morgan fingerprint density at radius 2 is 2.11 bits per heavy atom. The molecule has 1 unspecified atom stereocenters. The van der Waals surface area contributed by atoms with Gasteiger partial charge in [-0.25, -0.2) is 0 Å². The first-order chi connectivity index (χ1) is 8.43. The van der Waals surface area contributed by atoms with E-state index in [4.69, 9.17) is 9.63 Å². The molecule has 6 heteroatoms. The van der Waals surface area contributed by atoms with Gasteiger partial charge in [0.1, 0.15) is 0 Å². The Morgan fingerprint density at radius 3 is 2.56 bits per heavy atom. The van der Waals surface area contributed by atoms with Crippen LogP contribution in [0.25, 0.3) is 0 Å². The van der Waals surface area contributed by atoms with Crippen molar-refractivity contribution in [2.45, 2.75) is 52.6 Å². The molecule has 0 radical (unpaired) electrons. The molecule has 6 nitrogen and oxygen atoms in total. The average Bonchev–Trinajstić information content (AvgIpc) is 2.73. The summed E-state index contributed by atoms with van der Waals surface area (Å²) in [6, 6.07) is -0.0538. The molecule has 0 bridgehead atoms. The first-order valence-corrected chi connectivity index (χ1v) is 6.22. The third kappa shape index (κ3) is 4.10. The van der Waals surface area contributed by atoms with E-state index in [1.165, 1.54) is 0 Å². The first-order valence-electron chi connectivity index (χ1n) is 6.22. The number of hydrogen-bond donors (Lipinski definition) is 1. The van der Waals surface area contributed by atoms with E-state index in [1.54, 1.807) is 0 Å². The molecule has 1 atom stereocenters. The van der Waals surface area contributed by atoms with Crippen LogP contribution in [0.4, 0.5) is 0 Å². The monoisotopic (exact) mass is 255 g/mol. The van der Waals surface area contributed by atoms with Crippen LogP contribution in [-0.4, -0.2) is 38.7 Å². The summed E-state index contributed by atoms with van der Waals surface area (Å²) in [5.41, 5.74) is 0. The zero-order chi connectivity index (χ0) is 13.7. The number of carboxylic acid groups (broad SMARTS) is 1. The highest BCUT2D eigenvalue weighted by Gasteiger charge is 2.19. The van der Waals surface area contributed by atoms with Crippen molar-refractivity contribution in [3.63, 3.8) is 0 Å². The molecule has 0 saturated carbocycles. The molecule has 102 valence electrons. The maximum atomic E-state index is 10.7. The van der Waals surface area contributed by atoms with Gasteiger partial charge in [0.15, 0.2) is 5.82 Å². The second-order valence-corrected chi connectivity index (χ2v) is 4.71. The zero-order valence-electron chi connectivity index (χ0n) is 11.4. The van der Waals surface area contributed by atoms with Crippen LogP contribution in [0.1, 0.15) is 51.7 Å². The highest BCUT2D eigenvalue weighted by Crippen LogP contribution is 2.13. The van der Waals surface area contributed by atoms with Crippen molar-refractivity contribution in [2.75, 3.05) is 6.54 Å². The van der Waals surface area contributed by atoms with Crippen molar-refractivity contribution in [1.29, 1.82) is 0 Å². The summed E-state index contributed by atoms with van der Waals surface area (Å²) in [5, 5.41) is 12.7. The van der Waals surface area contributed by atoms with Gasteiger partial charge < -0.3 is 9.63 Å². The fourth-order valence-electron chi connectivity index (χ4n) is 1.70. The first kappa shape index (κ1) is 14.6. The summed E-state index contributed by atoms with van der Waals surface area (Å²) >= 11 is 0. The standard InChI is InChI=1S/C12H21N3O3/c1-5-15(9(4)6-11(16)17)7-10-13-12(8(2)3)14-18-10/h8-9H,5-7H2,1-4H3,(H,16,17). The average molecular weight is 255 g/mol. The van der Waals surface area contributed by atoms with Crippen LogP contribution in [0.15, 0.2) is 4.52 Å². The third-order valence-corrected chi connectivity index (χ3v) is 2.84. The molecule has 0 aliphatic rings. The van der Waals surface area contributed by atoms with Crippen LogP contribution in [0, 0.1) is 0 Å². The lowest BCUT2D eigenvalue weighted by atomic mass is 10.2. The molecule has 0 aliphatic heterocycles. The number of carboxylic acids is 1. The SMILES string of the molecule is CCN(Cc1nc(C(C)C)no1)C(C)CC(=O)O. The Morgan fingerprint density at radius 1 is 1.44 bits per heavy atom. The van der Waals surface area contributed by atoms with E-state index in [1.807, 2.05) is 32.6 Å². The van der Waals surface area contributed by atoms with Gasteiger partial charge >= 0.3 is 5.97 Å². The maximum absolute atomic E-state index is 10.7. The second kappa shape index (κ2) is 6.49. The Kier molecular flexibility index (Phi) is 5.27. The van der Waals surface area contributed by atoms with E-state index >= 15 is 0 Å². The second-order valence-electron chi connectivity index (χ2n) is 4.71. The molecule has 0 saturated heterocycles. The van der Waals surface area contributed by atoms with Crippen LogP contribution in [0.5, 0.6) is 0 Å². The smallest absolute Gasteiger partial charge is 0.304 e. The number of aliphatic carboxylic acids is 1. The zero-order valence-corrected chi connectivity index (χ0v) is 11.4. The Hall–Kier alpha value is -1.43. The quantitative estimate of drug-likeness (QED) is 0.801. The molecule has 1 aromatic rings. The van der Waals surface area contributed by atoms with Crippen molar-refractivity contribution >= 4 is 5.97 Å². The van der Waals surface area contributed by atoms with Crippen LogP contribution >= 0.6 is 0 Å². The normalized spacial score (nSPS) is 13.2. The molecule has 0 spiro atoms. The summed E-state index contributed by atoms with van der Waals surface area (Å²) in [5.74, 6) is 0.660. The van der Waals surface area contributed by atoms with Gasteiger partial charge in [-0.05, 0) is 13.5 Å². The predicted molar refractivity (Wildman–Crippen MR) is 66.2 cm³/mol. The van der Waals surface area contributed by atoms with E-state index in [0.29, 0.717) is 18.3 Å². The van der Waals surface area contributed by atoms with Gasteiger partial charge in [0, 0.05) is 12.0 Å². The number of nitrogens with zero attached hydrogens (tertiary/aromatic N) is 3. The van der Waals surface area contributed by atoms with Crippen LogP contribution in [-0.2, 0) is 11.3 Å². The molecule has 0 aliphatic carbocycles. The lowest BCUT2D eigenvalue weighted by Gasteiger charge is -2.24. The topological polar surface area (TPSA) is 79.5 Å². The van der Waals surface area contributed by atoms with Crippen molar-refractivity contribution < 1.29 is 14.4 Å². The number of carbonyl (C=O) groups is 1. The summed E-state index contributed by atoms with van der Waals surface area (Å²) in [4.78, 5) is 17.0. The van der Waals surface area contributed by atoms with E-state index in [-0.39, 0.29) is 18.4 Å². The van der Waals surface area contributed by atoms with Gasteiger partial charge in [-0.15, -0.1) is 0 Å². The number of hydrogen-bond acceptors (Lipinski definition) is 5. The van der Waals surface area contributed by atoms with Crippen molar-refractivity contribution in [1.82, 2.24) is 15.0 Å². The van der Waals surface area contributed by atoms with Crippen LogP contribution in [0.3, 0.4) is 0 Å². The van der Waals surface area contributed by atoms with E-state index < -0.39 is 5.97 Å². The molecular formula is C12H21N3O3. The van der Waals surface area contributed by atoms with Crippen molar-refractivity contribution in [2.24, 2.45) is 0 Å². The van der Waals surface area contributed by atoms with E-state index in [9.17, 15) is 4.79 Å². The highest BCUT2D eigenvalue weighted by atomic mass is 16.5. The molecule has 0 fully saturated rings. The minimum atomic E-state index is -0.797. The number of rotatable bonds is 7. The molecule has 1 heterocycles. The van der Waals surface area contributed by atoms with Crippen LogP contribution in [0.2, 0.25) is 0 Å². The molecule has 1 N–H and O–H groups in total. The van der Waals surface area contributed by atoms with Gasteiger partial charge in [0.25, 0.3) is 0 Å².